The molecule has 0 saturated carbocycles. The Morgan fingerprint density at radius 3 is 2.11 bits per heavy atom. The van der Waals surface area contributed by atoms with E-state index in [-0.39, 0.29) is 0 Å². The predicted molar refractivity (Wildman–Crippen MR) is 154 cm³/mol. The Labute approximate surface area is 224 Å². The highest BCUT2D eigenvalue weighted by Gasteiger charge is 2.25. The number of aryl methyl sites for hydroxylation is 1. The Kier molecular flexibility index (Phi) is 9.32. The molecule has 0 spiro atoms. The molecule has 0 radical (unpaired) electrons. The highest BCUT2D eigenvalue weighted by molar-refractivity contribution is 5.34. The zero-order valence-electron chi connectivity index (χ0n) is 22.6. The molecule has 37 heavy (non-hydrogen) atoms. The minimum Gasteiger partial charge on any atom is -0.490 e. The first-order valence-electron chi connectivity index (χ1n) is 14.6. The van der Waals surface area contributed by atoms with E-state index < -0.39 is 0 Å². The molecule has 2 saturated heterocycles. The van der Waals surface area contributed by atoms with Crippen LogP contribution in [0.2, 0.25) is 0 Å². The fourth-order valence-electron chi connectivity index (χ4n) is 6.41. The highest BCUT2D eigenvalue weighted by Crippen LogP contribution is 2.29. The lowest BCUT2D eigenvalue weighted by atomic mass is 9.90. The molecule has 3 aromatic rings. The number of hydrogen-bond donors (Lipinski definition) is 0. The molecule has 0 amide bonds. The second kappa shape index (κ2) is 13.3. The average Bonchev–Trinajstić information content (AvgIpc) is 3.42. The molecule has 1 atom stereocenters. The van der Waals surface area contributed by atoms with Gasteiger partial charge in [0.05, 0.1) is 0 Å². The van der Waals surface area contributed by atoms with Gasteiger partial charge in [-0.15, -0.1) is 0 Å². The van der Waals surface area contributed by atoms with Gasteiger partial charge >= 0.3 is 0 Å². The van der Waals surface area contributed by atoms with Crippen LogP contribution in [-0.2, 0) is 6.42 Å². The number of piperidine rings is 1. The van der Waals surface area contributed by atoms with Crippen LogP contribution in [0.25, 0.3) is 0 Å². The Bertz CT molecular complexity index is 1020. The van der Waals surface area contributed by atoms with E-state index in [2.05, 4.69) is 102 Å². The first kappa shape index (κ1) is 26.0. The van der Waals surface area contributed by atoms with E-state index in [1.165, 1.54) is 55.5 Å². The molecular weight excluding hydrogens is 452 g/mol. The van der Waals surface area contributed by atoms with Gasteiger partial charge in [-0.25, -0.2) is 0 Å². The third-order valence-corrected chi connectivity index (χ3v) is 8.53. The fraction of sp³-hybridized carbons (Fsp3) is 0.471. The number of benzene rings is 3. The maximum Gasteiger partial charge on any atom is 0.122 e. The molecule has 2 aliphatic rings. The lowest BCUT2D eigenvalue weighted by molar-refractivity contribution is 0.0980. The van der Waals surface area contributed by atoms with Crippen molar-refractivity contribution < 1.29 is 4.74 Å². The third kappa shape index (κ3) is 7.03. The monoisotopic (exact) mass is 496 g/mol. The smallest absolute Gasteiger partial charge is 0.122 e. The predicted octanol–water partition coefficient (Wildman–Crippen LogP) is 7.17. The Morgan fingerprint density at radius 2 is 1.43 bits per heavy atom. The molecule has 196 valence electrons. The summed E-state index contributed by atoms with van der Waals surface area (Å²) < 4.78 is 6.64. The molecule has 0 N–H and O–H groups in total. The van der Waals surface area contributed by atoms with Crippen molar-refractivity contribution in [2.45, 2.75) is 69.9 Å². The van der Waals surface area contributed by atoms with Gasteiger partial charge in [-0.05, 0) is 80.8 Å². The summed E-state index contributed by atoms with van der Waals surface area (Å²) in [5.74, 6) is 1.52. The van der Waals surface area contributed by atoms with Crippen LogP contribution in [0.1, 0.15) is 68.1 Å². The summed E-state index contributed by atoms with van der Waals surface area (Å²) in [6.07, 6.45) is 8.93. The quantitative estimate of drug-likeness (QED) is 0.280. The van der Waals surface area contributed by atoms with E-state index in [1.807, 2.05) is 0 Å². The minimum absolute atomic E-state index is 0.315. The van der Waals surface area contributed by atoms with Crippen molar-refractivity contribution in [1.82, 2.24) is 9.80 Å². The molecule has 2 heterocycles. The Balaban J connectivity index is 1.14. The zero-order chi connectivity index (χ0) is 25.3. The van der Waals surface area contributed by atoms with Crippen molar-refractivity contribution in [2.75, 3.05) is 32.7 Å². The largest absolute Gasteiger partial charge is 0.490 e. The third-order valence-electron chi connectivity index (χ3n) is 8.53. The van der Waals surface area contributed by atoms with Crippen molar-refractivity contribution in [2.24, 2.45) is 0 Å². The van der Waals surface area contributed by atoms with E-state index in [4.69, 9.17) is 4.74 Å². The van der Waals surface area contributed by atoms with Crippen molar-refractivity contribution in [3.8, 4) is 5.75 Å². The van der Waals surface area contributed by atoms with E-state index in [1.54, 1.807) is 0 Å². The van der Waals surface area contributed by atoms with Crippen LogP contribution < -0.4 is 4.74 Å². The van der Waals surface area contributed by atoms with Gasteiger partial charge in [0.25, 0.3) is 0 Å². The van der Waals surface area contributed by atoms with E-state index in [9.17, 15) is 0 Å². The summed E-state index contributed by atoms with van der Waals surface area (Å²) in [5.41, 5.74) is 4.19. The molecule has 2 fully saturated rings. The van der Waals surface area contributed by atoms with Crippen LogP contribution in [0.4, 0.5) is 0 Å². The molecule has 3 heteroatoms. The van der Waals surface area contributed by atoms with Gasteiger partial charge in [0.15, 0.2) is 0 Å². The average molecular weight is 497 g/mol. The van der Waals surface area contributed by atoms with Gasteiger partial charge in [0.1, 0.15) is 11.9 Å². The van der Waals surface area contributed by atoms with Crippen molar-refractivity contribution in [1.29, 1.82) is 0 Å². The van der Waals surface area contributed by atoms with E-state index >= 15 is 0 Å². The maximum atomic E-state index is 6.64. The molecule has 0 aromatic heterocycles. The van der Waals surface area contributed by atoms with E-state index in [0.717, 1.165) is 50.7 Å². The summed E-state index contributed by atoms with van der Waals surface area (Å²) in [4.78, 5) is 5.30. The van der Waals surface area contributed by atoms with Gasteiger partial charge < -0.3 is 14.5 Å². The second-order valence-electron chi connectivity index (χ2n) is 10.9. The van der Waals surface area contributed by atoms with Crippen LogP contribution in [0.5, 0.6) is 5.75 Å². The molecule has 3 nitrogen and oxygen atoms in total. The van der Waals surface area contributed by atoms with Crippen LogP contribution in [-0.4, -0.2) is 54.7 Å². The van der Waals surface area contributed by atoms with Crippen molar-refractivity contribution >= 4 is 0 Å². The van der Waals surface area contributed by atoms with Gasteiger partial charge in [-0.3, -0.25) is 0 Å². The molecule has 2 aliphatic heterocycles. The number of nitrogens with zero attached hydrogens (tertiary/aromatic N) is 2. The lowest BCUT2D eigenvalue weighted by Crippen LogP contribution is -2.40. The first-order valence-corrected chi connectivity index (χ1v) is 14.6. The normalized spacial score (nSPS) is 19.5. The number of hydrogen-bond acceptors (Lipinski definition) is 3. The second-order valence-corrected chi connectivity index (χ2v) is 10.9. The summed E-state index contributed by atoms with van der Waals surface area (Å²) in [7, 11) is 0. The summed E-state index contributed by atoms with van der Waals surface area (Å²) >= 11 is 0. The topological polar surface area (TPSA) is 15.7 Å². The van der Waals surface area contributed by atoms with Crippen molar-refractivity contribution in [3.05, 3.63) is 102 Å². The van der Waals surface area contributed by atoms with Crippen LogP contribution in [0.3, 0.4) is 0 Å². The minimum atomic E-state index is 0.315. The van der Waals surface area contributed by atoms with Gasteiger partial charge in [-0.1, -0.05) is 85.8 Å². The van der Waals surface area contributed by atoms with Crippen molar-refractivity contribution in [3.63, 3.8) is 0 Å². The Hall–Kier alpha value is -2.62. The number of ether oxygens (including phenoxy) is 1. The summed E-state index contributed by atoms with van der Waals surface area (Å²) in [6.45, 7) is 8.04. The summed E-state index contributed by atoms with van der Waals surface area (Å²) in [5, 5.41) is 0. The van der Waals surface area contributed by atoms with Gasteiger partial charge in [-0.2, -0.15) is 0 Å². The van der Waals surface area contributed by atoms with Gasteiger partial charge in [0.2, 0.25) is 0 Å². The molecular formula is C34H44N2O. The van der Waals surface area contributed by atoms with E-state index in [0.29, 0.717) is 12.0 Å². The van der Waals surface area contributed by atoms with Crippen LogP contribution in [0, 0.1) is 0 Å². The Morgan fingerprint density at radius 1 is 0.784 bits per heavy atom. The molecule has 0 bridgehead atoms. The number of rotatable bonds is 11. The fourth-order valence-corrected chi connectivity index (χ4v) is 6.41. The standard InChI is InChI=1S/C34H44N2O/c1-2-36-24-12-20-31(36)19-11-18-30-17-9-10-21-34(30)37-32-22-25-35(26-23-32)27-33(28-13-5-3-6-14-28)29-15-7-4-8-16-29/h3-10,13-17,21,31-33H,2,11-12,18-20,22-27H2,1H3. The molecule has 1 unspecified atom stereocenters. The van der Waals surface area contributed by atoms with Crippen LogP contribution in [0.15, 0.2) is 84.9 Å². The highest BCUT2D eigenvalue weighted by atomic mass is 16.5. The molecule has 5 rings (SSSR count). The summed E-state index contributed by atoms with van der Waals surface area (Å²) in [6, 6.07) is 31.5. The number of para-hydroxylation sites is 1. The zero-order valence-corrected chi connectivity index (χ0v) is 22.6. The number of likely N-dealkylation sites (tertiary alicyclic amines) is 2. The van der Waals surface area contributed by atoms with Gasteiger partial charge in [0, 0.05) is 31.6 Å². The van der Waals surface area contributed by atoms with Crippen LogP contribution >= 0.6 is 0 Å². The SMILES string of the molecule is CCN1CCCC1CCCc1ccccc1OC1CCN(CC(c2ccccc2)c2ccccc2)CC1. The maximum absolute atomic E-state index is 6.64. The molecule has 0 aliphatic carbocycles. The lowest BCUT2D eigenvalue weighted by Gasteiger charge is -2.35. The first-order chi connectivity index (χ1) is 18.3. The molecule has 3 aromatic carbocycles.